The highest BCUT2D eigenvalue weighted by Gasteiger charge is 2.30. The Balaban J connectivity index is 1.30. The molecule has 5 N–H and O–H groups in total. The predicted octanol–water partition coefficient (Wildman–Crippen LogP) is 5.92. The largest absolute Gasteiger partial charge is 0.416 e. The second-order valence-electron chi connectivity index (χ2n) is 8.48. The summed E-state index contributed by atoms with van der Waals surface area (Å²) in [4.78, 5) is 21.4. The van der Waals surface area contributed by atoms with Crippen molar-refractivity contribution in [3.05, 3.63) is 59.9 Å². The van der Waals surface area contributed by atoms with Crippen LogP contribution in [0.3, 0.4) is 0 Å². The number of benzene rings is 2. The topological polar surface area (TPSA) is 122 Å². The Labute approximate surface area is 198 Å². The summed E-state index contributed by atoms with van der Waals surface area (Å²) in [6.07, 6.45) is -0.0598. The molecule has 0 saturated heterocycles. The quantitative estimate of drug-likeness (QED) is 0.288. The molecule has 1 saturated carbocycles. The van der Waals surface area contributed by atoms with Gasteiger partial charge in [0.15, 0.2) is 5.65 Å². The molecule has 2 aromatic carbocycles. The van der Waals surface area contributed by atoms with Crippen molar-refractivity contribution in [2.45, 2.75) is 37.8 Å². The first kappa shape index (κ1) is 22.6. The number of H-pyrrole nitrogens is 1. The summed E-state index contributed by atoms with van der Waals surface area (Å²) in [5.74, 6) is 1.41. The van der Waals surface area contributed by atoms with Gasteiger partial charge in [-0.1, -0.05) is 31.0 Å². The molecule has 1 aliphatic carbocycles. The van der Waals surface area contributed by atoms with Crippen molar-refractivity contribution in [1.82, 2.24) is 20.2 Å². The van der Waals surface area contributed by atoms with E-state index in [9.17, 15) is 18.0 Å². The van der Waals surface area contributed by atoms with Gasteiger partial charge in [0.05, 0.1) is 16.6 Å². The SMILES string of the molecule is Nc1nc(C2CCCC2)nc2n[nH]c(-c3ccc(NC(=O)Nc4cccc(C(F)(F)F)c4)cc3)c12. The fourth-order valence-corrected chi connectivity index (χ4v) is 4.33. The Hall–Kier alpha value is -4.15. The fraction of sp³-hybridized carbons (Fsp3) is 0.250. The lowest BCUT2D eigenvalue weighted by atomic mass is 10.1. The van der Waals surface area contributed by atoms with E-state index in [4.69, 9.17) is 5.73 Å². The third-order valence-corrected chi connectivity index (χ3v) is 6.06. The molecule has 4 aromatic rings. The van der Waals surface area contributed by atoms with E-state index in [2.05, 4.69) is 30.8 Å². The van der Waals surface area contributed by atoms with Crippen molar-refractivity contribution in [2.24, 2.45) is 0 Å². The molecule has 8 nitrogen and oxygen atoms in total. The number of alkyl halides is 3. The van der Waals surface area contributed by atoms with Crippen LogP contribution in [-0.2, 0) is 6.18 Å². The number of urea groups is 1. The van der Waals surface area contributed by atoms with Gasteiger partial charge in [0.2, 0.25) is 0 Å². The molecular formula is C24H22F3N7O. The van der Waals surface area contributed by atoms with Gasteiger partial charge in [-0.05, 0) is 43.2 Å². The highest BCUT2D eigenvalue weighted by Crippen LogP contribution is 2.35. The van der Waals surface area contributed by atoms with Gasteiger partial charge in [-0.25, -0.2) is 14.8 Å². The van der Waals surface area contributed by atoms with Crippen molar-refractivity contribution in [3.63, 3.8) is 0 Å². The monoisotopic (exact) mass is 481 g/mol. The first-order chi connectivity index (χ1) is 16.8. The number of carbonyl (C=O) groups excluding carboxylic acids is 1. The Morgan fingerprint density at radius 2 is 1.71 bits per heavy atom. The van der Waals surface area contributed by atoms with Gasteiger partial charge in [-0.3, -0.25) is 5.10 Å². The number of hydrogen-bond donors (Lipinski definition) is 4. The number of aromatic amines is 1. The van der Waals surface area contributed by atoms with Crippen molar-refractivity contribution in [2.75, 3.05) is 16.4 Å². The highest BCUT2D eigenvalue weighted by atomic mass is 19.4. The van der Waals surface area contributed by atoms with Gasteiger partial charge < -0.3 is 16.4 Å². The lowest BCUT2D eigenvalue weighted by Gasteiger charge is -2.11. The van der Waals surface area contributed by atoms with Crippen LogP contribution in [-0.4, -0.2) is 26.2 Å². The van der Waals surface area contributed by atoms with Crippen LogP contribution >= 0.6 is 0 Å². The summed E-state index contributed by atoms with van der Waals surface area (Å²) in [7, 11) is 0. The number of nitrogens with two attached hydrogens (primary N) is 1. The first-order valence-corrected chi connectivity index (χ1v) is 11.1. The molecule has 180 valence electrons. The highest BCUT2D eigenvalue weighted by molar-refractivity contribution is 6.01. The minimum Gasteiger partial charge on any atom is -0.383 e. The van der Waals surface area contributed by atoms with E-state index in [-0.39, 0.29) is 5.69 Å². The minimum absolute atomic E-state index is 0.0327. The molecule has 0 aliphatic heterocycles. The number of carbonyl (C=O) groups is 1. The molecule has 2 aromatic heterocycles. The number of rotatable bonds is 4. The van der Waals surface area contributed by atoms with Crippen LogP contribution in [0, 0.1) is 0 Å². The Morgan fingerprint density at radius 3 is 2.43 bits per heavy atom. The number of halogens is 3. The number of nitrogen functional groups attached to an aromatic ring is 1. The summed E-state index contributed by atoms with van der Waals surface area (Å²) in [5.41, 5.74) is 7.85. The van der Waals surface area contributed by atoms with Crippen LogP contribution in [0.15, 0.2) is 48.5 Å². The zero-order valence-corrected chi connectivity index (χ0v) is 18.5. The molecule has 2 amide bonds. The molecule has 1 aliphatic rings. The normalized spacial score (nSPS) is 14.4. The molecule has 0 unspecified atom stereocenters. The standard InChI is InChI=1S/C24H22F3N7O/c25-24(26,27)15-6-3-7-17(12-15)30-23(35)29-16-10-8-13(9-11-16)19-18-20(28)31-21(14-4-1-2-5-14)32-22(18)34-33-19/h3,6-12,14H,1-2,4-5H2,(H2,29,30,35)(H3,28,31,32,33,34). The second-order valence-corrected chi connectivity index (χ2v) is 8.48. The number of anilines is 3. The predicted molar refractivity (Wildman–Crippen MR) is 127 cm³/mol. The summed E-state index contributed by atoms with van der Waals surface area (Å²) in [5, 5.41) is 12.9. The summed E-state index contributed by atoms with van der Waals surface area (Å²) < 4.78 is 38.6. The number of aromatic nitrogens is 4. The van der Waals surface area contributed by atoms with E-state index in [1.807, 2.05) is 0 Å². The molecule has 2 heterocycles. The molecule has 0 bridgehead atoms. The summed E-state index contributed by atoms with van der Waals surface area (Å²) >= 11 is 0. The number of nitrogens with one attached hydrogen (secondary N) is 3. The molecule has 1 fully saturated rings. The van der Waals surface area contributed by atoms with Crippen LogP contribution in [0.4, 0.5) is 35.2 Å². The molecule has 5 rings (SSSR count). The van der Waals surface area contributed by atoms with Crippen LogP contribution in [0.1, 0.15) is 43.0 Å². The Morgan fingerprint density at radius 1 is 1.00 bits per heavy atom. The van der Waals surface area contributed by atoms with E-state index in [0.29, 0.717) is 34.2 Å². The Kier molecular flexibility index (Phi) is 5.75. The molecular weight excluding hydrogens is 459 g/mol. The van der Waals surface area contributed by atoms with Crippen molar-refractivity contribution >= 4 is 34.3 Å². The third-order valence-electron chi connectivity index (χ3n) is 6.06. The number of hydrogen-bond acceptors (Lipinski definition) is 5. The average Bonchev–Trinajstić information content (AvgIpc) is 3.50. The van der Waals surface area contributed by atoms with Crippen molar-refractivity contribution in [1.29, 1.82) is 0 Å². The van der Waals surface area contributed by atoms with Gasteiger partial charge >= 0.3 is 12.2 Å². The Bertz CT molecular complexity index is 1380. The lowest BCUT2D eigenvalue weighted by molar-refractivity contribution is -0.137. The van der Waals surface area contributed by atoms with Crippen molar-refractivity contribution in [3.8, 4) is 11.3 Å². The van der Waals surface area contributed by atoms with Crippen LogP contribution in [0.25, 0.3) is 22.3 Å². The van der Waals surface area contributed by atoms with Crippen LogP contribution in [0.5, 0.6) is 0 Å². The van der Waals surface area contributed by atoms with Gasteiger partial charge in [0, 0.05) is 22.9 Å². The molecule has 35 heavy (non-hydrogen) atoms. The van der Waals surface area contributed by atoms with Gasteiger partial charge in [0.25, 0.3) is 0 Å². The first-order valence-electron chi connectivity index (χ1n) is 11.1. The van der Waals surface area contributed by atoms with Crippen LogP contribution < -0.4 is 16.4 Å². The zero-order valence-electron chi connectivity index (χ0n) is 18.5. The maximum atomic E-state index is 12.9. The maximum absolute atomic E-state index is 12.9. The minimum atomic E-state index is -4.49. The molecule has 11 heteroatoms. The number of fused-ring (bicyclic) bond motifs is 1. The van der Waals surface area contributed by atoms with Gasteiger partial charge in [-0.2, -0.15) is 18.3 Å². The van der Waals surface area contributed by atoms with E-state index in [0.717, 1.165) is 49.2 Å². The smallest absolute Gasteiger partial charge is 0.383 e. The number of nitrogens with zero attached hydrogens (tertiary/aromatic N) is 3. The van der Waals surface area contributed by atoms with E-state index < -0.39 is 17.8 Å². The molecule has 0 radical (unpaired) electrons. The van der Waals surface area contributed by atoms with Crippen LogP contribution in [0.2, 0.25) is 0 Å². The molecule has 0 atom stereocenters. The average molecular weight is 481 g/mol. The second kappa shape index (κ2) is 8.90. The van der Waals surface area contributed by atoms with E-state index in [1.165, 1.54) is 12.1 Å². The molecule has 0 spiro atoms. The van der Waals surface area contributed by atoms with Gasteiger partial charge in [0.1, 0.15) is 11.6 Å². The zero-order chi connectivity index (χ0) is 24.6. The summed E-state index contributed by atoms with van der Waals surface area (Å²) in [6.45, 7) is 0. The van der Waals surface area contributed by atoms with E-state index >= 15 is 0 Å². The third kappa shape index (κ3) is 4.75. The fourth-order valence-electron chi connectivity index (χ4n) is 4.33. The van der Waals surface area contributed by atoms with E-state index in [1.54, 1.807) is 24.3 Å². The van der Waals surface area contributed by atoms with Crippen molar-refractivity contribution < 1.29 is 18.0 Å². The number of amides is 2. The lowest BCUT2D eigenvalue weighted by Crippen LogP contribution is -2.19. The van der Waals surface area contributed by atoms with Gasteiger partial charge in [-0.15, -0.1) is 0 Å². The maximum Gasteiger partial charge on any atom is 0.416 e. The summed E-state index contributed by atoms with van der Waals surface area (Å²) in [6, 6.07) is 10.6.